The number of hydrogen-bond acceptors (Lipinski definition) is 8. The van der Waals surface area contributed by atoms with Gasteiger partial charge < -0.3 is 19.5 Å². The number of aromatic nitrogens is 2. The minimum Gasteiger partial charge on any atom is -0.443 e. The van der Waals surface area contributed by atoms with E-state index in [0.717, 1.165) is 30.6 Å². The third-order valence-electron chi connectivity index (χ3n) is 6.70. The van der Waals surface area contributed by atoms with E-state index in [1.807, 2.05) is 24.8 Å². The van der Waals surface area contributed by atoms with Gasteiger partial charge in [0.15, 0.2) is 9.84 Å². The Labute approximate surface area is 203 Å². The van der Waals surface area contributed by atoms with Gasteiger partial charge in [-0.15, -0.1) is 0 Å². The number of fused-ring (bicyclic) bond motifs is 1. The van der Waals surface area contributed by atoms with Gasteiger partial charge in [-0.05, 0) is 57.9 Å². The lowest BCUT2D eigenvalue weighted by Gasteiger charge is -2.40. The third kappa shape index (κ3) is 4.56. The molecule has 1 saturated carbocycles. The summed E-state index contributed by atoms with van der Waals surface area (Å²) < 4.78 is 43.9. The molecule has 1 amide bonds. The average Bonchev–Trinajstić information content (AvgIpc) is 3.37. The standard InChI is InChI=1S/C24H28FN5O4S/c1-14-13-29(19-6-5-16(12-18(19)25)35(4,32)33)9-10-30(14)23(31)21-26-20(28-24(3)7-8-24)17-11-15(2)34-22(17)27-21/h5-6,11-12,14H,7-10,13H2,1-4H3,(H,26,27,28). The topological polar surface area (TPSA) is 109 Å². The number of nitrogens with zero attached hydrogens (tertiary/aromatic N) is 4. The number of amides is 1. The maximum Gasteiger partial charge on any atom is 0.292 e. The maximum absolute atomic E-state index is 14.7. The smallest absolute Gasteiger partial charge is 0.292 e. The minimum atomic E-state index is -3.50. The van der Waals surface area contributed by atoms with Gasteiger partial charge in [-0.2, -0.15) is 4.98 Å². The lowest BCUT2D eigenvalue weighted by molar-refractivity contribution is 0.0661. The summed E-state index contributed by atoms with van der Waals surface area (Å²) in [5, 5.41) is 4.18. The van der Waals surface area contributed by atoms with Gasteiger partial charge in [-0.25, -0.2) is 17.8 Å². The number of carbonyl (C=O) groups excluding carboxylic acids is 1. The zero-order valence-electron chi connectivity index (χ0n) is 20.1. The third-order valence-corrected chi connectivity index (χ3v) is 7.81. The molecule has 3 aromatic rings. The fourth-order valence-electron chi connectivity index (χ4n) is 4.41. The summed E-state index contributed by atoms with van der Waals surface area (Å²) in [4.78, 5) is 25.8. The Morgan fingerprint density at radius 2 is 1.97 bits per heavy atom. The number of anilines is 2. The lowest BCUT2D eigenvalue weighted by atomic mass is 10.1. The van der Waals surface area contributed by atoms with E-state index >= 15 is 0 Å². The molecule has 1 aliphatic carbocycles. The van der Waals surface area contributed by atoms with Crippen LogP contribution < -0.4 is 10.2 Å². The number of nitrogens with one attached hydrogen (secondary N) is 1. The van der Waals surface area contributed by atoms with E-state index < -0.39 is 15.7 Å². The van der Waals surface area contributed by atoms with Crippen molar-refractivity contribution < 1.29 is 22.0 Å². The van der Waals surface area contributed by atoms with E-state index in [1.54, 1.807) is 4.90 Å². The lowest BCUT2D eigenvalue weighted by Crippen LogP contribution is -2.54. The maximum atomic E-state index is 14.7. The highest BCUT2D eigenvalue weighted by molar-refractivity contribution is 7.90. The predicted octanol–water partition coefficient (Wildman–Crippen LogP) is 3.39. The summed E-state index contributed by atoms with van der Waals surface area (Å²) in [5.74, 6) is 0.419. The molecule has 35 heavy (non-hydrogen) atoms. The van der Waals surface area contributed by atoms with Gasteiger partial charge >= 0.3 is 0 Å². The normalized spacial score (nSPS) is 19.7. The number of hydrogen-bond donors (Lipinski definition) is 1. The number of rotatable bonds is 5. The number of carbonyl (C=O) groups is 1. The summed E-state index contributed by atoms with van der Waals surface area (Å²) in [6.45, 7) is 6.93. The van der Waals surface area contributed by atoms with E-state index in [0.29, 0.717) is 42.6 Å². The molecule has 11 heteroatoms. The zero-order valence-corrected chi connectivity index (χ0v) is 20.9. The molecule has 2 aliphatic rings. The van der Waals surface area contributed by atoms with Gasteiger partial charge in [0.05, 0.1) is 16.0 Å². The van der Waals surface area contributed by atoms with Crippen LogP contribution in [0.5, 0.6) is 0 Å². The Balaban J connectivity index is 1.37. The first kappa shape index (κ1) is 23.5. The number of aryl methyl sites for hydroxylation is 1. The van der Waals surface area contributed by atoms with E-state index in [1.165, 1.54) is 12.1 Å². The number of benzene rings is 1. The highest BCUT2D eigenvalue weighted by Crippen LogP contribution is 2.39. The van der Waals surface area contributed by atoms with Crippen LogP contribution in [0, 0.1) is 12.7 Å². The molecule has 1 saturated heterocycles. The second-order valence-electron chi connectivity index (χ2n) is 9.84. The molecule has 186 valence electrons. The molecular weight excluding hydrogens is 473 g/mol. The molecule has 1 atom stereocenters. The average molecular weight is 502 g/mol. The van der Waals surface area contributed by atoms with Crippen molar-refractivity contribution >= 4 is 38.3 Å². The molecule has 1 aliphatic heterocycles. The van der Waals surface area contributed by atoms with Crippen LogP contribution in [0.2, 0.25) is 0 Å². The van der Waals surface area contributed by atoms with Crippen LogP contribution in [0.25, 0.3) is 11.1 Å². The largest absolute Gasteiger partial charge is 0.443 e. The second-order valence-corrected chi connectivity index (χ2v) is 11.9. The van der Waals surface area contributed by atoms with Crippen LogP contribution in [0.3, 0.4) is 0 Å². The zero-order chi connectivity index (χ0) is 25.1. The van der Waals surface area contributed by atoms with E-state index in [-0.39, 0.29) is 28.2 Å². The van der Waals surface area contributed by atoms with E-state index in [4.69, 9.17) is 4.42 Å². The Bertz CT molecular complexity index is 1430. The van der Waals surface area contributed by atoms with Gasteiger partial charge in [0, 0.05) is 37.5 Å². The highest BCUT2D eigenvalue weighted by Gasteiger charge is 2.39. The molecule has 0 bridgehead atoms. The molecule has 1 aromatic carbocycles. The molecule has 1 unspecified atom stereocenters. The SMILES string of the molecule is Cc1cc2c(NC3(C)CC3)nc(C(=O)N3CCN(c4ccc(S(C)(=O)=O)cc4F)CC3C)nc2o1. The summed E-state index contributed by atoms with van der Waals surface area (Å²) in [6.07, 6.45) is 3.10. The van der Waals surface area contributed by atoms with Crippen molar-refractivity contribution in [2.24, 2.45) is 0 Å². The number of furan rings is 1. The van der Waals surface area contributed by atoms with Crippen molar-refractivity contribution in [3.8, 4) is 0 Å². The Morgan fingerprint density at radius 3 is 2.60 bits per heavy atom. The number of halogens is 1. The van der Waals surface area contributed by atoms with Crippen molar-refractivity contribution in [3.63, 3.8) is 0 Å². The van der Waals surface area contributed by atoms with Gasteiger partial charge in [0.1, 0.15) is 17.4 Å². The summed E-state index contributed by atoms with van der Waals surface area (Å²) in [5.41, 5.74) is 0.638. The highest BCUT2D eigenvalue weighted by atomic mass is 32.2. The van der Waals surface area contributed by atoms with Crippen LogP contribution in [-0.2, 0) is 9.84 Å². The molecule has 3 heterocycles. The van der Waals surface area contributed by atoms with E-state index in [2.05, 4.69) is 22.2 Å². The molecule has 2 aromatic heterocycles. The van der Waals surface area contributed by atoms with Crippen LogP contribution >= 0.6 is 0 Å². The monoisotopic (exact) mass is 501 g/mol. The van der Waals surface area contributed by atoms with Gasteiger partial charge in [-0.1, -0.05) is 0 Å². The Morgan fingerprint density at radius 1 is 1.23 bits per heavy atom. The summed E-state index contributed by atoms with van der Waals surface area (Å²) in [6, 6.07) is 5.53. The Kier molecular flexibility index (Phi) is 5.50. The fourth-order valence-corrected chi connectivity index (χ4v) is 5.05. The number of sulfone groups is 1. The molecule has 0 spiro atoms. The van der Waals surface area contributed by atoms with Gasteiger partial charge in [-0.3, -0.25) is 4.79 Å². The van der Waals surface area contributed by atoms with Crippen LogP contribution in [0.1, 0.15) is 43.1 Å². The fraction of sp³-hybridized carbons (Fsp3) is 0.458. The predicted molar refractivity (Wildman–Crippen MR) is 130 cm³/mol. The first-order valence-electron chi connectivity index (χ1n) is 11.6. The van der Waals surface area contributed by atoms with Crippen molar-refractivity contribution in [1.29, 1.82) is 0 Å². The van der Waals surface area contributed by atoms with Gasteiger partial charge in [0.25, 0.3) is 5.91 Å². The second kappa shape index (κ2) is 8.18. The molecule has 9 nitrogen and oxygen atoms in total. The van der Waals surface area contributed by atoms with Crippen LogP contribution in [-0.4, -0.2) is 66.7 Å². The Hall–Kier alpha value is -3.21. The summed E-state index contributed by atoms with van der Waals surface area (Å²) >= 11 is 0. The molecule has 1 N–H and O–H groups in total. The molecular formula is C24H28FN5O4S. The first-order chi connectivity index (χ1) is 16.4. The van der Waals surface area contributed by atoms with Gasteiger partial charge in [0.2, 0.25) is 11.5 Å². The van der Waals surface area contributed by atoms with Crippen LogP contribution in [0.4, 0.5) is 15.9 Å². The first-order valence-corrected chi connectivity index (χ1v) is 13.4. The quantitative estimate of drug-likeness (QED) is 0.567. The van der Waals surface area contributed by atoms with Crippen molar-refractivity contribution in [1.82, 2.24) is 14.9 Å². The molecule has 2 fully saturated rings. The summed E-state index contributed by atoms with van der Waals surface area (Å²) in [7, 11) is -3.50. The van der Waals surface area contributed by atoms with Crippen LogP contribution in [0.15, 0.2) is 33.6 Å². The molecule has 0 radical (unpaired) electrons. The van der Waals surface area contributed by atoms with Crippen molar-refractivity contribution in [2.45, 2.75) is 50.1 Å². The van der Waals surface area contributed by atoms with E-state index in [9.17, 15) is 17.6 Å². The van der Waals surface area contributed by atoms with Crippen molar-refractivity contribution in [3.05, 3.63) is 41.7 Å². The number of piperazine rings is 1. The van der Waals surface area contributed by atoms with Crippen molar-refractivity contribution in [2.75, 3.05) is 36.1 Å². The minimum absolute atomic E-state index is 0.0393. The molecule has 5 rings (SSSR count).